The van der Waals surface area contributed by atoms with E-state index in [1.165, 1.54) is 22.4 Å². The predicted octanol–water partition coefficient (Wildman–Crippen LogP) is 6.47. The number of benzene rings is 3. The number of ether oxygens (including phenoxy) is 2. The predicted molar refractivity (Wildman–Crippen MR) is 217 cm³/mol. The van der Waals surface area contributed by atoms with E-state index in [9.17, 15) is 24.0 Å². The third-order valence-electron chi connectivity index (χ3n) is 11.3. The van der Waals surface area contributed by atoms with E-state index in [1.54, 1.807) is 27.7 Å². The molecule has 0 radical (unpaired) electrons. The summed E-state index contributed by atoms with van der Waals surface area (Å²) < 4.78 is 11.3. The molecule has 0 spiro atoms. The van der Waals surface area contributed by atoms with Crippen molar-refractivity contribution in [3.63, 3.8) is 0 Å². The van der Waals surface area contributed by atoms with Crippen LogP contribution in [0.2, 0.25) is 0 Å². The van der Waals surface area contributed by atoms with Gasteiger partial charge in [-0.25, -0.2) is 9.59 Å². The number of amides is 5. The van der Waals surface area contributed by atoms with Crippen molar-refractivity contribution in [3.8, 4) is 11.1 Å². The highest BCUT2D eigenvalue weighted by molar-refractivity contribution is 5.95. The maximum absolute atomic E-state index is 14.7. The SMILES string of the molecule is C[C@@H](C(=O)NC(C(=O)N1C[C@@H](NC(=O)OCC2c3ccccc3-c3ccccc32)C[C@H]1C(=O)N[C@@H]1CCCc2ccccc21)C(C)(C)C)N(C)C(=O)OC(C)(C)C. The van der Waals surface area contributed by atoms with E-state index in [0.717, 1.165) is 47.1 Å². The summed E-state index contributed by atoms with van der Waals surface area (Å²) >= 11 is 0. The highest BCUT2D eigenvalue weighted by atomic mass is 16.6. The lowest BCUT2D eigenvalue weighted by Gasteiger charge is -2.37. The van der Waals surface area contributed by atoms with Crippen LogP contribution >= 0.6 is 0 Å². The zero-order valence-corrected chi connectivity index (χ0v) is 34.4. The summed E-state index contributed by atoms with van der Waals surface area (Å²) in [6.45, 7) is 12.4. The number of fused-ring (bicyclic) bond motifs is 4. The minimum atomic E-state index is -1.07. The van der Waals surface area contributed by atoms with Crippen LogP contribution in [0.1, 0.15) is 102 Å². The molecule has 1 fully saturated rings. The van der Waals surface area contributed by atoms with E-state index in [-0.39, 0.29) is 37.4 Å². The molecule has 0 bridgehead atoms. The summed E-state index contributed by atoms with van der Waals surface area (Å²) in [4.78, 5) is 71.6. The monoisotopic (exact) mass is 779 g/mol. The van der Waals surface area contributed by atoms with Crippen molar-refractivity contribution in [1.29, 1.82) is 0 Å². The van der Waals surface area contributed by atoms with Crippen LogP contribution in [0.4, 0.5) is 9.59 Å². The highest BCUT2D eigenvalue weighted by Gasteiger charge is 2.46. The molecular formula is C45H57N5O7. The molecule has 304 valence electrons. The number of likely N-dealkylation sites (tertiary alicyclic amines) is 1. The van der Waals surface area contributed by atoms with E-state index in [4.69, 9.17) is 9.47 Å². The molecule has 2 aliphatic carbocycles. The second kappa shape index (κ2) is 16.6. The first-order valence-electron chi connectivity index (χ1n) is 20.0. The molecule has 57 heavy (non-hydrogen) atoms. The maximum atomic E-state index is 14.7. The fourth-order valence-corrected chi connectivity index (χ4v) is 8.16. The maximum Gasteiger partial charge on any atom is 0.410 e. The second-order valence-electron chi connectivity index (χ2n) is 17.6. The van der Waals surface area contributed by atoms with Crippen molar-refractivity contribution in [3.05, 3.63) is 95.1 Å². The molecule has 5 amide bonds. The van der Waals surface area contributed by atoms with Crippen molar-refractivity contribution in [2.24, 2.45) is 5.41 Å². The Labute approximate surface area is 336 Å². The molecule has 1 aliphatic heterocycles. The van der Waals surface area contributed by atoms with Gasteiger partial charge in [-0.15, -0.1) is 0 Å². The summed E-state index contributed by atoms with van der Waals surface area (Å²) in [5, 5.41) is 9.05. The van der Waals surface area contributed by atoms with Crippen LogP contribution < -0.4 is 16.0 Å². The Balaban J connectivity index is 1.19. The van der Waals surface area contributed by atoms with Gasteiger partial charge in [0.2, 0.25) is 17.7 Å². The largest absolute Gasteiger partial charge is 0.449 e. The van der Waals surface area contributed by atoms with Gasteiger partial charge in [0, 0.05) is 19.5 Å². The fourth-order valence-electron chi connectivity index (χ4n) is 8.16. The van der Waals surface area contributed by atoms with Gasteiger partial charge in [0.1, 0.15) is 30.3 Å². The number of alkyl carbamates (subject to hydrolysis) is 1. The van der Waals surface area contributed by atoms with Gasteiger partial charge < -0.3 is 30.3 Å². The zero-order chi connectivity index (χ0) is 41.2. The molecule has 12 nitrogen and oxygen atoms in total. The first-order chi connectivity index (χ1) is 26.9. The van der Waals surface area contributed by atoms with Crippen molar-refractivity contribution in [1.82, 2.24) is 25.8 Å². The molecule has 3 aliphatic rings. The third-order valence-corrected chi connectivity index (χ3v) is 11.3. The lowest BCUT2D eigenvalue weighted by molar-refractivity contribution is -0.144. The van der Waals surface area contributed by atoms with E-state index in [1.807, 2.05) is 63.2 Å². The van der Waals surface area contributed by atoms with Gasteiger partial charge in [-0.1, -0.05) is 93.6 Å². The van der Waals surface area contributed by atoms with Crippen molar-refractivity contribution >= 4 is 29.9 Å². The van der Waals surface area contributed by atoms with Crippen LogP contribution in [0.3, 0.4) is 0 Å². The Hall–Kier alpha value is -5.39. The number of carbonyl (C=O) groups excluding carboxylic acids is 5. The molecule has 3 aromatic carbocycles. The molecule has 6 rings (SSSR count). The second-order valence-corrected chi connectivity index (χ2v) is 17.6. The molecule has 5 atom stereocenters. The van der Waals surface area contributed by atoms with Crippen LogP contribution in [-0.2, 0) is 30.3 Å². The summed E-state index contributed by atoms with van der Waals surface area (Å²) in [6, 6.07) is 20.4. The summed E-state index contributed by atoms with van der Waals surface area (Å²) in [5.41, 5.74) is 5.10. The number of hydrogen-bond acceptors (Lipinski definition) is 7. The van der Waals surface area contributed by atoms with Crippen LogP contribution in [0.25, 0.3) is 11.1 Å². The van der Waals surface area contributed by atoms with E-state index in [0.29, 0.717) is 0 Å². The Morgan fingerprint density at radius 3 is 2.05 bits per heavy atom. The molecular weight excluding hydrogens is 723 g/mol. The summed E-state index contributed by atoms with van der Waals surface area (Å²) in [5.74, 6) is -1.48. The first-order valence-corrected chi connectivity index (χ1v) is 20.0. The fraction of sp³-hybridized carbons (Fsp3) is 0.489. The van der Waals surface area contributed by atoms with Gasteiger partial charge in [-0.3, -0.25) is 19.3 Å². The lowest BCUT2D eigenvalue weighted by Crippen LogP contribution is -2.60. The van der Waals surface area contributed by atoms with Crippen LogP contribution in [-0.4, -0.2) is 89.7 Å². The van der Waals surface area contributed by atoms with Crippen molar-refractivity contribution < 1.29 is 33.4 Å². The normalized spacial score (nSPS) is 19.9. The van der Waals surface area contributed by atoms with Crippen LogP contribution in [0.15, 0.2) is 72.8 Å². The number of carbonyl (C=O) groups is 5. The van der Waals surface area contributed by atoms with Gasteiger partial charge in [-0.05, 0) is 92.2 Å². The number of hydrogen-bond donors (Lipinski definition) is 3. The van der Waals surface area contributed by atoms with E-state index in [2.05, 4.69) is 46.3 Å². The molecule has 12 heteroatoms. The number of nitrogens with one attached hydrogen (secondary N) is 3. The topological polar surface area (TPSA) is 146 Å². The quantitative estimate of drug-likeness (QED) is 0.226. The standard InChI is InChI=1S/C45H57N5O7/c1-27(49(8)43(55)57-45(5,6)7)39(51)48-38(44(2,3)4)41(53)50-25-29(24-37(50)40(52)47-36-23-15-17-28-16-9-10-18-30(28)36)46-42(54)56-26-35-33-21-13-11-19-31(33)32-20-12-14-22-34(32)35/h9-14,16,18-22,27,29,35-38H,15,17,23-26H2,1-8H3,(H,46,54)(H,47,52)(H,48,51)/t27-,29-,36+,37-,38?/m0/s1. The van der Waals surface area contributed by atoms with Crippen molar-refractivity contribution in [2.45, 2.75) is 116 Å². The van der Waals surface area contributed by atoms with Gasteiger partial charge in [0.15, 0.2) is 0 Å². The Bertz CT molecular complexity index is 1960. The molecule has 0 saturated carbocycles. The van der Waals surface area contributed by atoms with Crippen LogP contribution in [0.5, 0.6) is 0 Å². The first kappa shape index (κ1) is 41.2. The zero-order valence-electron chi connectivity index (χ0n) is 34.4. The highest BCUT2D eigenvalue weighted by Crippen LogP contribution is 2.44. The van der Waals surface area contributed by atoms with Gasteiger partial charge in [-0.2, -0.15) is 0 Å². The summed E-state index contributed by atoms with van der Waals surface area (Å²) in [7, 11) is 1.47. The average Bonchev–Trinajstić information content (AvgIpc) is 3.73. The van der Waals surface area contributed by atoms with Crippen LogP contribution in [0, 0.1) is 5.41 Å². The molecule has 1 saturated heterocycles. The molecule has 3 N–H and O–H groups in total. The molecule has 3 aromatic rings. The molecule has 1 unspecified atom stereocenters. The van der Waals surface area contributed by atoms with E-state index >= 15 is 0 Å². The number of aryl methyl sites for hydroxylation is 1. The lowest BCUT2D eigenvalue weighted by atomic mass is 9.85. The van der Waals surface area contributed by atoms with Gasteiger partial charge >= 0.3 is 12.2 Å². The molecule has 1 heterocycles. The number of nitrogens with zero attached hydrogens (tertiary/aromatic N) is 2. The Morgan fingerprint density at radius 2 is 1.44 bits per heavy atom. The Morgan fingerprint density at radius 1 is 0.842 bits per heavy atom. The number of likely N-dealkylation sites (N-methyl/N-ethyl adjacent to an activating group) is 1. The third kappa shape index (κ3) is 9.27. The smallest absolute Gasteiger partial charge is 0.410 e. The van der Waals surface area contributed by atoms with Crippen molar-refractivity contribution in [2.75, 3.05) is 20.2 Å². The minimum absolute atomic E-state index is 0.0260. The minimum Gasteiger partial charge on any atom is -0.449 e. The average molecular weight is 780 g/mol. The number of rotatable bonds is 9. The van der Waals surface area contributed by atoms with Gasteiger partial charge in [0.25, 0.3) is 0 Å². The van der Waals surface area contributed by atoms with Gasteiger partial charge in [0.05, 0.1) is 12.1 Å². The molecule has 0 aromatic heterocycles. The summed E-state index contributed by atoms with van der Waals surface area (Å²) in [6.07, 6.45) is 1.43. The Kier molecular flexibility index (Phi) is 12.0. The van der Waals surface area contributed by atoms with E-state index < -0.39 is 59.2 Å².